The van der Waals surface area contributed by atoms with Gasteiger partial charge in [0.25, 0.3) is 5.56 Å². The smallest absolute Gasteiger partial charge is 0.335 e. The van der Waals surface area contributed by atoms with Crippen molar-refractivity contribution in [2.45, 2.75) is 45.9 Å². The molecular weight excluding hydrogens is 562 g/mol. The van der Waals surface area contributed by atoms with Crippen LogP contribution in [0.25, 0.3) is 28.2 Å². The van der Waals surface area contributed by atoms with Gasteiger partial charge >= 0.3 is 11.7 Å². The number of fused-ring (bicyclic) bond motifs is 1. The lowest BCUT2D eigenvalue weighted by Gasteiger charge is -2.16. The molecule has 0 spiro atoms. The van der Waals surface area contributed by atoms with Gasteiger partial charge in [-0.15, -0.1) is 0 Å². The molecule has 0 fully saturated rings. The fourth-order valence-electron chi connectivity index (χ4n) is 4.06. The molecule has 0 amide bonds. The van der Waals surface area contributed by atoms with Crippen LogP contribution in [0.3, 0.4) is 0 Å². The van der Waals surface area contributed by atoms with Gasteiger partial charge in [0.15, 0.2) is 17.0 Å². The Morgan fingerprint density at radius 3 is 2.38 bits per heavy atom. The Balaban J connectivity index is 2.03. The Morgan fingerprint density at radius 1 is 1.05 bits per heavy atom. The highest BCUT2D eigenvalue weighted by atomic mass is 35.5. The second kappa shape index (κ2) is 11.9. The highest BCUT2D eigenvalue weighted by Crippen LogP contribution is 2.29. The van der Waals surface area contributed by atoms with Crippen molar-refractivity contribution < 1.29 is 23.0 Å². The summed E-state index contributed by atoms with van der Waals surface area (Å²) in [5.74, 6) is -2.55. The van der Waals surface area contributed by atoms with Gasteiger partial charge in [-0.2, -0.15) is 0 Å². The molecule has 212 valence electrons. The minimum Gasteiger partial charge on any atom is -0.465 e. The van der Waals surface area contributed by atoms with Gasteiger partial charge < -0.3 is 9.47 Å². The molecule has 4 rings (SSSR count). The summed E-state index contributed by atoms with van der Waals surface area (Å²) in [5, 5.41) is 0.412. The maximum Gasteiger partial charge on any atom is 0.335 e. The zero-order valence-electron chi connectivity index (χ0n) is 22.5. The van der Waals surface area contributed by atoms with E-state index in [9.17, 15) is 18.8 Å². The zero-order chi connectivity index (χ0) is 29.2. The second-order valence-corrected chi connectivity index (χ2v) is 16.4. The van der Waals surface area contributed by atoms with Crippen LogP contribution in [-0.4, -0.2) is 45.9 Å². The van der Waals surface area contributed by atoms with Gasteiger partial charge in [0, 0.05) is 31.5 Å². The standard InChI is InChI=1S/C27H29ClF2N4O5Si/c1-5-39-22(35)15-32-26(36)23-25(33(27(32)37)16-38-12-13-40(2,3)4)31-24(20-11-8-18(29)14-21(20)30)34(23)19-9-6-17(28)7-10-19/h6-11,14H,5,12-13,15-16H2,1-4H3. The van der Waals surface area contributed by atoms with Crippen LogP contribution >= 0.6 is 11.6 Å². The fourth-order valence-corrected chi connectivity index (χ4v) is 4.94. The molecule has 0 aliphatic rings. The number of ether oxygens (including phenoxy) is 2. The molecule has 0 N–H and O–H groups in total. The van der Waals surface area contributed by atoms with Crippen LogP contribution in [0.1, 0.15) is 6.92 Å². The van der Waals surface area contributed by atoms with Crippen molar-refractivity contribution in [2.75, 3.05) is 13.2 Å². The van der Waals surface area contributed by atoms with Crippen LogP contribution < -0.4 is 11.2 Å². The third-order valence-electron chi connectivity index (χ3n) is 6.09. The fraction of sp³-hybridized carbons (Fsp3) is 0.333. The summed E-state index contributed by atoms with van der Waals surface area (Å²) in [4.78, 5) is 44.2. The van der Waals surface area contributed by atoms with E-state index in [0.29, 0.717) is 23.4 Å². The Labute approximate surface area is 234 Å². The Morgan fingerprint density at radius 2 is 1.75 bits per heavy atom. The van der Waals surface area contributed by atoms with Crippen LogP contribution in [-0.2, 0) is 27.5 Å². The molecule has 9 nitrogen and oxygen atoms in total. The first-order chi connectivity index (χ1) is 18.9. The largest absolute Gasteiger partial charge is 0.465 e. The zero-order valence-corrected chi connectivity index (χ0v) is 24.3. The lowest BCUT2D eigenvalue weighted by atomic mass is 10.2. The van der Waals surface area contributed by atoms with E-state index in [1.165, 1.54) is 10.6 Å². The van der Waals surface area contributed by atoms with Gasteiger partial charge in [0.05, 0.1) is 12.2 Å². The lowest BCUT2D eigenvalue weighted by molar-refractivity contribution is -0.143. The molecule has 0 aliphatic carbocycles. The number of esters is 1. The summed E-state index contributed by atoms with van der Waals surface area (Å²) in [5.41, 5.74) is -1.62. The molecule has 2 heterocycles. The van der Waals surface area contributed by atoms with E-state index in [0.717, 1.165) is 21.2 Å². The van der Waals surface area contributed by atoms with Gasteiger partial charge in [0.2, 0.25) is 0 Å². The van der Waals surface area contributed by atoms with E-state index >= 15 is 4.39 Å². The summed E-state index contributed by atoms with van der Waals surface area (Å²) in [6.07, 6.45) is 0. The molecule has 0 atom stereocenters. The number of carbonyl (C=O) groups excluding carboxylic acids is 1. The van der Waals surface area contributed by atoms with E-state index in [-0.39, 0.29) is 35.9 Å². The number of halogens is 3. The van der Waals surface area contributed by atoms with E-state index in [1.54, 1.807) is 31.2 Å². The first-order valence-electron chi connectivity index (χ1n) is 12.6. The Hall–Kier alpha value is -3.61. The van der Waals surface area contributed by atoms with Crippen molar-refractivity contribution >= 4 is 36.8 Å². The van der Waals surface area contributed by atoms with Gasteiger partial charge in [-0.05, 0) is 49.4 Å². The first kappa shape index (κ1) is 29.4. The van der Waals surface area contributed by atoms with Gasteiger partial charge in [-0.25, -0.2) is 23.1 Å². The van der Waals surface area contributed by atoms with Crippen molar-refractivity contribution in [3.63, 3.8) is 0 Å². The van der Waals surface area contributed by atoms with Crippen molar-refractivity contribution in [3.8, 4) is 17.1 Å². The van der Waals surface area contributed by atoms with Gasteiger partial charge in [-0.1, -0.05) is 31.2 Å². The molecule has 0 bridgehead atoms. The van der Waals surface area contributed by atoms with Crippen molar-refractivity contribution in [1.82, 2.24) is 18.7 Å². The minimum absolute atomic E-state index is 0.0561. The number of carbonyl (C=O) groups is 1. The van der Waals surface area contributed by atoms with Gasteiger partial charge in [-0.3, -0.25) is 18.7 Å². The molecule has 13 heteroatoms. The molecule has 0 unspecified atom stereocenters. The van der Waals surface area contributed by atoms with Crippen LogP contribution in [0.2, 0.25) is 30.7 Å². The van der Waals surface area contributed by atoms with E-state index < -0.39 is 43.5 Å². The molecule has 4 aromatic rings. The molecule has 0 radical (unpaired) electrons. The minimum atomic E-state index is -1.45. The lowest BCUT2D eigenvalue weighted by Crippen LogP contribution is -2.43. The summed E-state index contributed by atoms with van der Waals surface area (Å²) in [6.45, 7) is 7.63. The molecule has 40 heavy (non-hydrogen) atoms. The van der Waals surface area contributed by atoms with Crippen molar-refractivity contribution in [3.05, 3.63) is 80.0 Å². The number of rotatable bonds is 10. The number of nitrogens with zero attached hydrogens (tertiary/aromatic N) is 4. The monoisotopic (exact) mass is 590 g/mol. The van der Waals surface area contributed by atoms with Crippen molar-refractivity contribution in [2.24, 2.45) is 0 Å². The highest BCUT2D eigenvalue weighted by Gasteiger charge is 2.26. The predicted octanol–water partition coefficient (Wildman–Crippen LogP) is 4.82. The quantitative estimate of drug-likeness (QED) is 0.149. The maximum atomic E-state index is 15.1. The molecule has 0 saturated carbocycles. The van der Waals surface area contributed by atoms with Crippen LogP contribution in [0.4, 0.5) is 8.78 Å². The number of benzene rings is 2. The number of hydrogen-bond donors (Lipinski definition) is 0. The highest BCUT2D eigenvalue weighted by molar-refractivity contribution is 6.76. The third kappa shape index (κ3) is 6.24. The van der Waals surface area contributed by atoms with Crippen LogP contribution in [0.5, 0.6) is 0 Å². The van der Waals surface area contributed by atoms with E-state index in [1.807, 2.05) is 0 Å². The Bertz CT molecular complexity index is 1680. The van der Waals surface area contributed by atoms with E-state index in [2.05, 4.69) is 24.6 Å². The topological polar surface area (TPSA) is 97.4 Å². The number of imidazole rings is 1. The van der Waals surface area contributed by atoms with Crippen LogP contribution in [0, 0.1) is 11.6 Å². The molecular formula is C27H29ClF2N4O5Si. The Kier molecular flexibility index (Phi) is 8.71. The van der Waals surface area contributed by atoms with Crippen molar-refractivity contribution in [1.29, 1.82) is 0 Å². The summed E-state index contributed by atoms with van der Waals surface area (Å²) in [6, 6.07) is 10.1. The average molecular weight is 591 g/mol. The van der Waals surface area contributed by atoms with Crippen LogP contribution in [0.15, 0.2) is 52.1 Å². The molecule has 0 saturated heterocycles. The summed E-state index contributed by atoms with van der Waals surface area (Å²) in [7, 11) is -1.45. The third-order valence-corrected chi connectivity index (χ3v) is 8.05. The maximum absolute atomic E-state index is 15.1. The first-order valence-corrected chi connectivity index (χ1v) is 16.7. The summed E-state index contributed by atoms with van der Waals surface area (Å²) >= 11 is 6.08. The van der Waals surface area contributed by atoms with Gasteiger partial charge in [0.1, 0.15) is 24.9 Å². The predicted molar refractivity (Wildman–Crippen MR) is 151 cm³/mol. The summed E-state index contributed by atoms with van der Waals surface area (Å²) < 4.78 is 42.8. The molecule has 2 aromatic heterocycles. The molecule has 2 aromatic carbocycles. The SMILES string of the molecule is CCOC(=O)Cn1c(=O)c2c(nc(-c3ccc(F)cc3F)n2-c2ccc(Cl)cc2)n(COCC[Si](C)(C)C)c1=O. The normalized spacial score (nSPS) is 11.8. The number of hydrogen-bond acceptors (Lipinski definition) is 6. The number of aromatic nitrogens is 4. The average Bonchev–Trinajstić information content (AvgIpc) is 3.26. The molecule has 0 aliphatic heterocycles. The van der Waals surface area contributed by atoms with E-state index in [4.69, 9.17) is 21.1 Å². The second-order valence-electron chi connectivity index (χ2n) is 10.3.